The third kappa shape index (κ3) is 1.76. The number of rotatable bonds is 2. The van der Waals surface area contributed by atoms with Crippen molar-refractivity contribution in [3.8, 4) is 0 Å². The average Bonchev–Trinajstić information content (AvgIpc) is 2.79. The van der Waals surface area contributed by atoms with Crippen molar-refractivity contribution in [2.45, 2.75) is 51.7 Å². The second-order valence-electron chi connectivity index (χ2n) is 6.25. The van der Waals surface area contributed by atoms with E-state index in [1.54, 1.807) is 0 Å². The first-order chi connectivity index (χ1) is 8.91. The Kier molecular flexibility index (Phi) is 2.65. The monoisotopic (exact) mass is 256 g/mol. The highest BCUT2D eigenvalue weighted by molar-refractivity contribution is 5.84. The van der Waals surface area contributed by atoms with Crippen LogP contribution in [0.5, 0.6) is 0 Å². The molecule has 3 rings (SSSR count). The zero-order valence-electron chi connectivity index (χ0n) is 11.9. The molecule has 0 bridgehead atoms. The molecule has 2 atom stereocenters. The van der Waals surface area contributed by atoms with Crippen LogP contribution in [-0.4, -0.2) is 17.3 Å². The third-order valence-corrected chi connectivity index (χ3v) is 4.18. The van der Waals surface area contributed by atoms with Crippen LogP contribution in [0.4, 0.5) is 0 Å². The molecule has 0 saturated heterocycles. The van der Waals surface area contributed by atoms with E-state index in [2.05, 4.69) is 49.2 Å². The molecule has 0 saturated carbocycles. The molecule has 100 valence electrons. The largest absolute Gasteiger partial charge is 0.393 e. The van der Waals surface area contributed by atoms with E-state index in [1.807, 2.05) is 6.92 Å². The quantitative estimate of drug-likeness (QED) is 0.863. The summed E-state index contributed by atoms with van der Waals surface area (Å²) < 4.78 is 0. The molecule has 0 amide bonds. The second kappa shape index (κ2) is 4.01. The molecule has 1 heterocycles. The van der Waals surface area contributed by atoms with Gasteiger partial charge in [-0.3, -0.25) is 0 Å². The van der Waals surface area contributed by atoms with Crippen molar-refractivity contribution in [1.29, 1.82) is 0 Å². The number of azo groups is 1. The van der Waals surface area contributed by atoms with Crippen LogP contribution >= 0.6 is 0 Å². The number of allylic oxidation sites excluding steroid dienone is 1. The maximum Gasteiger partial charge on any atom is 0.101 e. The van der Waals surface area contributed by atoms with Crippen LogP contribution in [-0.2, 0) is 5.41 Å². The first-order valence-electron chi connectivity index (χ1n) is 6.86. The van der Waals surface area contributed by atoms with Crippen LogP contribution in [0.25, 0.3) is 5.57 Å². The fourth-order valence-electron chi connectivity index (χ4n) is 3.21. The Morgan fingerprint density at radius 3 is 2.79 bits per heavy atom. The fourth-order valence-corrected chi connectivity index (χ4v) is 3.21. The summed E-state index contributed by atoms with van der Waals surface area (Å²) in [5.74, 6) is 0. The minimum Gasteiger partial charge on any atom is -0.393 e. The van der Waals surface area contributed by atoms with E-state index < -0.39 is 0 Å². The van der Waals surface area contributed by atoms with Crippen molar-refractivity contribution in [2.24, 2.45) is 10.2 Å². The van der Waals surface area contributed by atoms with Gasteiger partial charge < -0.3 is 5.11 Å². The molecule has 3 nitrogen and oxygen atoms in total. The normalized spacial score (nSPS) is 24.6. The molecule has 19 heavy (non-hydrogen) atoms. The van der Waals surface area contributed by atoms with Gasteiger partial charge in [0, 0.05) is 17.4 Å². The first-order valence-corrected chi connectivity index (χ1v) is 6.86. The summed E-state index contributed by atoms with van der Waals surface area (Å²) in [4.78, 5) is 0. The van der Waals surface area contributed by atoms with E-state index in [0.717, 1.165) is 5.70 Å². The molecule has 2 unspecified atom stereocenters. The van der Waals surface area contributed by atoms with Gasteiger partial charge in [0.1, 0.15) is 6.04 Å². The molecule has 2 aliphatic rings. The predicted molar refractivity (Wildman–Crippen MR) is 76.1 cm³/mol. The lowest BCUT2D eigenvalue weighted by Gasteiger charge is -2.21. The number of aliphatic hydroxyl groups excluding tert-OH is 1. The van der Waals surface area contributed by atoms with E-state index >= 15 is 0 Å². The highest BCUT2D eigenvalue weighted by Gasteiger charge is 2.43. The van der Waals surface area contributed by atoms with Crippen LogP contribution in [0.1, 0.15) is 43.9 Å². The lowest BCUT2D eigenvalue weighted by atomic mass is 9.84. The summed E-state index contributed by atoms with van der Waals surface area (Å²) >= 11 is 0. The van der Waals surface area contributed by atoms with Crippen LogP contribution in [0, 0.1) is 6.92 Å². The third-order valence-electron chi connectivity index (χ3n) is 4.18. The van der Waals surface area contributed by atoms with Gasteiger partial charge in [0.25, 0.3) is 0 Å². The number of hydrogen-bond donors (Lipinski definition) is 1. The Morgan fingerprint density at radius 1 is 1.37 bits per heavy atom. The van der Waals surface area contributed by atoms with Crippen molar-refractivity contribution in [2.75, 3.05) is 0 Å². The molecule has 1 N–H and O–H groups in total. The molecule has 1 aliphatic heterocycles. The minimum absolute atomic E-state index is 0.0114. The maximum atomic E-state index is 9.64. The van der Waals surface area contributed by atoms with Crippen LogP contribution in [0.2, 0.25) is 0 Å². The van der Waals surface area contributed by atoms with E-state index in [9.17, 15) is 5.11 Å². The van der Waals surface area contributed by atoms with Crippen molar-refractivity contribution in [3.63, 3.8) is 0 Å². The molecule has 1 aromatic rings. The highest BCUT2D eigenvalue weighted by Crippen LogP contribution is 2.52. The summed E-state index contributed by atoms with van der Waals surface area (Å²) in [6, 6.07) is 6.60. The SMILES string of the molecule is Cc1ccc2c(c1)C1=C(N=NC1CC(C)O)C2(C)C. The van der Waals surface area contributed by atoms with Crippen LogP contribution in [0.3, 0.4) is 0 Å². The first kappa shape index (κ1) is 12.5. The zero-order valence-corrected chi connectivity index (χ0v) is 11.9. The van der Waals surface area contributed by atoms with Gasteiger partial charge in [-0.05, 0) is 25.0 Å². The summed E-state index contributed by atoms with van der Waals surface area (Å²) in [5.41, 5.74) is 6.09. The Bertz CT molecular complexity index is 597. The van der Waals surface area contributed by atoms with Gasteiger partial charge in [0.15, 0.2) is 0 Å². The Hall–Kier alpha value is -1.48. The van der Waals surface area contributed by atoms with Gasteiger partial charge >= 0.3 is 0 Å². The number of benzene rings is 1. The number of nitrogens with zero attached hydrogens (tertiary/aromatic N) is 2. The van der Waals surface area contributed by atoms with E-state index in [-0.39, 0.29) is 17.6 Å². The standard InChI is InChI=1S/C16H20N2O/c1-9-5-6-12-11(7-9)14-13(8-10(2)19)17-18-15(14)16(12,3)4/h5-7,10,13,19H,8H2,1-4H3. The van der Waals surface area contributed by atoms with E-state index in [4.69, 9.17) is 0 Å². The molecule has 1 aliphatic carbocycles. The summed E-state index contributed by atoms with van der Waals surface area (Å²) in [7, 11) is 0. The van der Waals surface area contributed by atoms with E-state index in [1.165, 1.54) is 22.3 Å². The second-order valence-corrected chi connectivity index (χ2v) is 6.25. The Morgan fingerprint density at radius 2 is 2.11 bits per heavy atom. The summed E-state index contributed by atoms with van der Waals surface area (Å²) in [6.45, 7) is 8.32. The molecule has 1 aromatic carbocycles. The molecule has 0 fully saturated rings. The zero-order chi connectivity index (χ0) is 13.8. The predicted octanol–water partition coefficient (Wildman–Crippen LogP) is 3.60. The number of aliphatic hydroxyl groups is 1. The smallest absolute Gasteiger partial charge is 0.101 e. The van der Waals surface area contributed by atoms with Crippen LogP contribution in [0.15, 0.2) is 34.1 Å². The lowest BCUT2D eigenvalue weighted by Crippen LogP contribution is -2.15. The highest BCUT2D eigenvalue weighted by atomic mass is 16.3. The van der Waals surface area contributed by atoms with Gasteiger partial charge in [-0.2, -0.15) is 10.2 Å². The molecule has 0 aromatic heterocycles. The van der Waals surface area contributed by atoms with Crippen molar-refractivity contribution < 1.29 is 5.11 Å². The topological polar surface area (TPSA) is 45.0 Å². The number of aryl methyl sites for hydroxylation is 1. The van der Waals surface area contributed by atoms with Crippen LogP contribution < -0.4 is 0 Å². The maximum absolute atomic E-state index is 9.64. The molecule has 0 spiro atoms. The van der Waals surface area contributed by atoms with Crippen molar-refractivity contribution >= 4 is 5.57 Å². The Balaban J connectivity index is 2.13. The average molecular weight is 256 g/mol. The van der Waals surface area contributed by atoms with Gasteiger partial charge in [-0.1, -0.05) is 37.6 Å². The number of hydrogen-bond acceptors (Lipinski definition) is 3. The van der Waals surface area contributed by atoms with Crippen molar-refractivity contribution in [1.82, 2.24) is 0 Å². The van der Waals surface area contributed by atoms with E-state index in [0.29, 0.717) is 6.42 Å². The number of fused-ring (bicyclic) bond motifs is 2. The summed E-state index contributed by atoms with van der Waals surface area (Å²) in [5, 5.41) is 18.4. The van der Waals surface area contributed by atoms with Gasteiger partial charge in [0.2, 0.25) is 0 Å². The molecular weight excluding hydrogens is 236 g/mol. The lowest BCUT2D eigenvalue weighted by molar-refractivity contribution is 0.181. The molecule has 3 heteroatoms. The fraction of sp³-hybridized carbons (Fsp3) is 0.500. The minimum atomic E-state index is -0.354. The van der Waals surface area contributed by atoms with Gasteiger partial charge in [-0.15, -0.1) is 0 Å². The van der Waals surface area contributed by atoms with Gasteiger partial charge in [0.05, 0.1) is 11.8 Å². The Labute approximate surface area is 114 Å². The van der Waals surface area contributed by atoms with Gasteiger partial charge in [-0.25, -0.2) is 0 Å². The molecule has 0 radical (unpaired) electrons. The molecular formula is C16H20N2O. The summed E-state index contributed by atoms with van der Waals surface area (Å²) in [6.07, 6.45) is 0.291. The van der Waals surface area contributed by atoms with Crippen molar-refractivity contribution in [3.05, 3.63) is 40.6 Å².